The first-order valence-corrected chi connectivity index (χ1v) is 34.3. The maximum atomic E-state index is 2.89. The molecule has 11 aromatic carbocycles. The number of hydrogen-bond acceptors (Lipinski definition) is 3. The predicted octanol–water partition coefficient (Wildman–Crippen LogP) is 22.8. The maximum Gasteiger partial charge on any atom is 0.333 e. The molecule has 0 bridgehead atoms. The van der Waals surface area contributed by atoms with E-state index in [1.165, 1.54) is 145 Å². The molecule has 4 heteroatoms. The molecule has 0 N–H and O–H groups in total. The molecule has 0 saturated heterocycles. The Hall–Kier alpha value is -9.12. The molecule has 17 rings (SSSR count). The summed E-state index contributed by atoms with van der Waals surface area (Å²) in [6, 6.07) is 87.3. The first-order valence-electron chi connectivity index (χ1n) is 34.3. The van der Waals surface area contributed by atoms with E-state index in [9.17, 15) is 0 Å². The second-order valence-electron chi connectivity index (χ2n) is 31.8. The van der Waals surface area contributed by atoms with Crippen LogP contribution in [-0.4, -0.2) is 6.85 Å². The van der Waals surface area contributed by atoms with Gasteiger partial charge in [-0.05, 0) is 227 Å². The normalized spacial score (nSPS) is 17.8. The van der Waals surface area contributed by atoms with E-state index in [2.05, 4.69) is 329 Å². The van der Waals surface area contributed by atoms with Crippen LogP contribution in [0.15, 0.2) is 224 Å². The Bertz CT molecular complexity index is 4880. The second-order valence-corrected chi connectivity index (χ2v) is 31.8. The zero-order valence-corrected chi connectivity index (χ0v) is 56.6. The highest BCUT2D eigenvalue weighted by Crippen LogP contribution is 2.63. The Morgan fingerprint density at radius 3 is 1.42 bits per heavy atom. The summed E-state index contributed by atoms with van der Waals surface area (Å²) in [4.78, 5) is 8.18. The quantitative estimate of drug-likeness (QED) is 0.147. The van der Waals surface area contributed by atoms with Gasteiger partial charge in [-0.2, -0.15) is 0 Å². The van der Waals surface area contributed by atoms with Crippen molar-refractivity contribution in [3.63, 3.8) is 0 Å². The third kappa shape index (κ3) is 8.41. The zero-order chi connectivity index (χ0) is 64.0. The Labute approximate surface area is 552 Å². The molecule has 2 heterocycles. The smallest absolute Gasteiger partial charge is 0.333 e. The standard InChI is InChI=1S/C89H84BN3/c1-55-48-71-73(87(8,9)47-46-85(71,4)5)53-77(55)92-76-43-39-62(91(60-32-24-30-58(49-60)56-26-16-14-17-27-56)61-33-25-31-59(50-61)57-28-18-15-19-29-57)52-75(76)90-82-78(92)54-74-79(64-34-20-22-36-67(64)89(74,12)13)81(82)66-40-42-70-80(65-35-21-23-37-68(65)88(70,10)11)83(66)93(90)63-38-41-69-72(51-63)86(6,7)45-44-84(69,2)3/h14-43,48-54H,44-47H2,1-13H3. The van der Waals surface area contributed by atoms with Gasteiger partial charge in [-0.1, -0.05) is 241 Å². The Kier molecular flexibility index (Phi) is 12.4. The summed E-state index contributed by atoms with van der Waals surface area (Å²) >= 11 is 0. The number of rotatable bonds is 7. The molecule has 0 unspecified atom stereocenters. The molecule has 93 heavy (non-hydrogen) atoms. The molecule has 0 radical (unpaired) electrons. The van der Waals surface area contributed by atoms with Crippen LogP contribution >= 0.6 is 0 Å². The zero-order valence-electron chi connectivity index (χ0n) is 56.6. The molecule has 0 saturated carbocycles. The molecule has 0 aromatic heterocycles. The van der Waals surface area contributed by atoms with Gasteiger partial charge in [0.25, 0.3) is 0 Å². The minimum Gasteiger partial charge on any atom is -0.376 e. The molecular formula is C89H84BN3. The topological polar surface area (TPSA) is 9.72 Å². The monoisotopic (exact) mass is 1210 g/mol. The van der Waals surface area contributed by atoms with Crippen LogP contribution in [0.25, 0.3) is 55.6 Å². The van der Waals surface area contributed by atoms with E-state index in [1.54, 1.807) is 0 Å². The van der Waals surface area contributed by atoms with Gasteiger partial charge in [0.15, 0.2) is 0 Å². The number of anilines is 8. The molecule has 458 valence electrons. The van der Waals surface area contributed by atoms with Crippen molar-refractivity contribution < 1.29 is 0 Å². The van der Waals surface area contributed by atoms with Crippen molar-refractivity contribution in [3.8, 4) is 55.6 Å². The average molecular weight is 1210 g/mol. The predicted molar refractivity (Wildman–Crippen MR) is 396 cm³/mol. The van der Waals surface area contributed by atoms with Gasteiger partial charge >= 0.3 is 6.85 Å². The van der Waals surface area contributed by atoms with Gasteiger partial charge < -0.3 is 14.6 Å². The first kappa shape index (κ1) is 57.8. The average Bonchev–Trinajstić information content (AvgIpc) is 1.65. The van der Waals surface area contributed by atoms with E-state index >= 15 is 0 Å². The minimum absolute atomic E-state index is 0.0165. The third-order valence-electron chi connectivity index (χ3n) is 23.6. The molecule has 6 aliphatic rings. The Morgan fingerprint density at radius 2 is 0.817 bits per heavy atom. The van der Waals surface area contributed by atoms with Gasteiger partial charge in [-0.3, -0.25) is 0 Å². The summed E-state index contributed by atoms with van der Waals surface area (Å²) < 4.78 is 0. The van der Waals surface area contributed by atoms with E-state index in [0.29, 0.717) is 0 Å². The van der Waals surface area contributed by atoms with Crippen LogP contribution in [0, 0.1) is 6.92 Å². The maximum absolute atomic E-state index is 2.89. The molecule has 0 fully saturated rings. The molecule has 3 nitrogen and oxygen atoms in total. The van der Waals surface area contributed by atoms with Crippen LogP contribution in [0.2, 0.25) is 0 Å². The highest BCUT2D eigenvalue weighted by Gasteiger charge is 2.53. The lowest BCUT2D eigenvalue weighted by Crippen LogP contribution is -2.62. The van der Waals surface area contributed by atoms with Gasteiger partial charge in [0, 0.05) is 67.5 Å². The number of fused-ring (bicyclic) bond motifs is 14. The Morgan fingerprint density at radius 1 is 0.333 bits per heavy atom. The van der Waals surface area contributed by atoms with Crippen molar-refractivity contribution >= 4 is 63.3 Å². The van der Waals surface area contributed by atoms with E-state index < -0.39 is 0 Å². The van der Waals surface area contributed by atoms with E-state index in [1.807, 2.05) is 0 Å². The van der Waals surface area contributed by atoms with Crippen LogP contribution in [0.5, 0.6) is 0 Å². The number of nitrogens with zero attached hydrogens (tertiary/aromatic N) is 3. The van der Waals surface area contributed by atoms with Crippen LogP contribution < -0.4 is 25.5 Å². The molecule has 0 amide bonds. The van der Waals surface area contributed by atoms with Gasteiger partial charge in [0.05, 0.1) is 0 Å². The number of benzene rings is 11. The van der Waals surface area contributed by atoms with Crippen LogP contribution in [-0.2, 0) is 32.5 Å². The van der Waals surface area contributed by atoms with Crippen molar-refractivity contribution in [2.75, 3.05) is 14.6 Å². The van der Waals surface area contributed by atoms with Crippen molar-refractivity contribution in [3.05, 3.63) is 275 Å². The second kappa shape index (κ2) is 20.0. The van der Waals surface area contributed by atoms with E-state index in [4.69, 9.17) is 0 Å². The first-order chi connectivity index (χ1) is 44.5. The van der Waals surface area contributed by atoms with Gasteiger partial charge in [-0.15, -0.1) is 0 Å². The van der Waals surface area contributed by atoms with E-state index in [0.717, 1.165) is 42.7 Å². The lowest BCUT2D eigenvalue weighted by atomic mass is 9.42. The summed E-state index contributed by atoms with van der Waals surface area (Å²) in [5.74, 6) is 0. The fourth-order valence-corrected chi connectivity index (χ4v) is 18.2. The van der Waals surface area contributed by atoms with Gasteiger partial charge in [0.2, 0.25) is 0 Å². The van der Waals surface area contributed by atoms with Crippen molar-refractivity contribution in [1.29, 1.82) is 0 Å². The van der Waals surface area contributed by atoms with Crippen LogP contribution in [0.4, 0.5) is 45.5 Å². The van der Waals surface area contributed by atoms with Gasteiger partial charge in [-0.25, -0.2) is 0 Å². The molecule has 11 aromatic rings. The van der Waals surface area contributed by atoms with E-state index in [-0.39, 0.29) is 39.3 Å². The fraction of sp³-hybridized carbons (Fsp3) is 0.258. The molecule has 4 aliphatic carbocycles. The summed E-state index contributed by atoms with van der Waals surface area (Å²) in [6.07, 6.45) is 4.58. The molecule has 0 spiro atoms. The molecular weight excluding hydrogens is 1120 g/mol. The lowest BCUT2D eigenvalue weighted by Gasteiger charge is -2.49. The summed E-state index contributed by atoms with van der Waals surface area (Å²) in [5, 5.41) is 0. The molecule has 0 atom stereocenters. The van der Waals surface area contributed by atoms with Crippen LogP contribution in [0.1, 0.15) is 159 Å². The number of hydrogen-bond donors (Lipinski definition) is 0. The van der Waals surface area contributed by atoms with Crippen LogP contribution in [0.3, 0.4) is 0 Å². The SMILES string of the molecule is Cc1cc2c(cc1N1c3ccc(N(c4cccc(-c5ccccc5)c4)c4cccc(-c5ccccc5)c4)cc3B3c4c1cc1c(c4-c4ccc5c(c4N3c3ccc4c(c3)C(C)(C)CCC4(C)C)-c3ccccc3C5(C)C)-c3ccccc3C1(C)C)C(C)(C)CCC2(C)C. The van der Waals surface area contributed by atoms with Crippen molar-refractivity contribution in [2.45, 2.75) is 148 Å². The highest BCUT2D eigenvalue weighted by molar-refractivity contribution is 6.94. The summed E-state index contributed by atoms with van der Waals surface area (Å²) in [6.45, 7) is 31.9. The fourth-order valence-electron chi connectivity index (χ4n) is 18.2. The summed E-state index contributed by atoms with van der Waals surface area (Å²) in [7, 11) is 0. The van der Waals surface area contributed by atoms with Gasteiger partial charge in [0.1, 0.15) is 0 Å². The number of aryl methyl sites for hydroxylation is 1. The lowest BCUT2D eigenvalue weighted by molar-refractivity contribution is 0.332. The molecule has 2 aliphatic heterocycles. The highest BCUT2D eigenvalue weighted by atomic mass is 15.2. The van der Waals surface area contributed by atoms with Crippen molar-refractivity contribution in [1.82, 2.24) is 0 Å². The minimum atomic E-state index is -0.289. The summed E-state index contributed by atoms with van der Waals surface area (Å²) in [5.41, 5.74) is 37.3. The third-order valence-corrected chi connectivity index (χ3v) is 23.6. The largest absolute Gasteiger partial charge is 0.376 e. The van der Waals surface area contributed by atoms with Crippen molar-refractivity contribution in [2.24, 2.45) is 0 Å². The Balaban J connectivity index is 1.04.